The van der Waals surface area contributed by atoms with E-state index in [2.05, 4.69) is 20.6 Å². The van der Waals surface area contributed by atoms with E-state index in [4.69, 9.17) is 34.8 Å². The first-order chi connectivity index (χ1) is 14.8. The number of rotatable bonds is 6. The number of hydrogen-bond acceptors (Lipinski definition) is 4. The summed E-state index contributed by atoms with van der Waals surface area (Å²) in [7, 11) is 0. The summed E-state index contributed by atoms with van der Waals surface area (Å²) in [4.78, 5) is 12.6. The van der Waals surface area contributed by atoms with Gasteiger partial charge in [-0.1, -0.05) is 40.9 Å². The summed E-state index contributed by atoms with van der Waals surface area (Å²) in [5, 5.41) is 17.4. The minimum absolute atomic E-state index is 0.282. The minimum atomic E-state index is -0.334. The zero-order valence-corrected chi connectivity index (χ0v) is 18.9. The normalized spacial score (nSPS) is 11.1. The SMILES string of the molecule is Cc1nn(Cn2ccc(C(=O)Nc3cnn(Cc4ccc(Cl)c(Cl)c4)c3)n2)c(C)c1Cl. The van der Waals surface area contributed by atoms with Crippen molar-refractivity contribution in [1.82, 2.24) is 29.3 Å². The Morgan fingerprint density at radius 1 is 1.06 bits per heavy atom. The first-order valence-corrected chi connectivity index (χ1v) is 10.4. The molecule has 0 unspecified atom stereocenters. The van der Waals surface area contributed by atoms with Crippen molar-refractivity contribution in [3.8, 4) is 0 Å². The summed E-state index contributed by atoms with van der Waals surface area (Å²) in [6, 6.07) is 7.04. The van der Waals surface area contributed by atoms with Crippen LogP contribution in [-0.2, 0) is 13.2 Å². The van der Waals surface area contributed by atoms with E-state index in [0.29, 0.717) is 34.0 Å². The molecule has 0 bridgehead atoms. The molecule has 0 aliphatic heterocycles. The molecule has 0 radical (unpaired) electrons. The van der Waals surface area contributed by atoms with E-state index in [-0.39, 0.29) is 11.6 Å². The molecule has 0 spiro atoms. The summed E-state index contributed by atoms with van der Waals surface area (Å²) in [6.07, 6.45) is 5.02. The molecule has 3 aromatic heterocycles. The van der Waals surface area contributed by atoms with Crippen LogP contribution in [0.25, 0.3) is 0 Å². The fourth-order valence-corrected chi connectivity index (χ4v) is 3.50. The first-order valence-electron chi connectivity index (χ1n) is 9.31. The van der Waals surface area contributed by atoms with Crippen molar-refractivity contribution in [3.63, 3.8) is 0 Å². The fourth-order valence-electron chi connectivity index (χ4n) is 3.05. The maximum Gasteiger partial charge on any atom is 0.276 e. The van der Waals surface area contributed by atoms with E-state index in [0.717, 1.165) is 17.0 Å². The molecule has 1 N–H and O–H groups in total. The van der Waals surface area contributed by atoms with Crippen molar-refractivity contribution < 1.29 is 4.79 Å². The van der Waals surface area contributed by atoms with Crippen LogP contribution in [0, 0.1) is 13.8 Å². The Morgan fingerprint density at radius 3 is 2.58 bits per heavy atom. The van der Waals surface area contributed by atoms with E-state index in [1.807, 2.05) is 19.9 Å². The fraction of sp³-hybridized carbons (Fsp3) is 0.200. The number of nitrogens with one attached hydrogen (secondary N) is 1. The van der Waals surface area contributed by atoms with Gasteiger partial charge in [-0.3, -0.25) is 14.2 Å². The predicted molar refractivity (Wildman–Crippen MR) is 120 cm³/mol. The van der Waals surface area contributed by atoms with Crippen LogP contribution in [0.5, 0.6) is 0 Å². The maximum atomic E-state index is 12.6. The van der Waals surface area contributed by atoms with Gasteiger partial charge in [0.25, 0.3) is 5.91 Å². The molecule has 1 amide bonds. The van der Waals surface area contributed by atoms with Gasteiger partial charge in [-0.05, 0) is 37.6 Å². The Hall–Kier alpha value is -2.81. The van der Waals surface area contributed by atoms with E-state index < -0.39 is 0 Å². The molecule has 0 fully saturated rings. The molecule has 4 aromatic rings. The van der Waals surface area contributed by atoms with Crippen molar-refractivity contribution in [3.05, 3.63) is 80.6 Å². The Labute approximate surface area is 193 Å². The quantitative estimate of drug-likeness (QED) is 0.437. The van der Waals surface area contributed by atoms with Gasteiger partial charge in [0.05, 0.1) is 44.9 Å². The lowest BCUT2D eigenvalue weighted by Crippen LogP contribution is -2.15. The minimum Gasteiger partial charge on any atom is -0.318 e. The maximum absolute atomic E-state index is 12.6. The summed E-state index contributed by atoms with van der Waals surface area (Å²) in [6.45, 7) is 4.57. The van der Waals surface area contributed by atoms with Crippen molar-refractivity contribution in [2.45, 2.75) is 27.1 Å². The number of amides is 1. The number of halogens is 3. The van der Waals surface area contributed by atoms with Gasteiger partial charge < -0.3 is 5.32 Å². The number of carbonyl (C=O) groups excluding carboxylic acids is 1. The molecule has 4 rings (SSSR count). The highest BCUT2D eigenvalue weighted by Gasteiger charge is 2.13. The van der Waals surface area contributed by atoms with Crippen LogP contribution in [-0.4, -0.2) is 35.2 Å². The van der Waals surface area contributed by atoms with Gasteiger partial charge >= 0.3 is 0 Å². The second kappa shape index (κ2) is 8.74. The van der Waals surface area contributed by atoms with Crippen LogP contribution >= 0.6 is 34.8 Å². The smallest absolute Gasteiger partial charge is 0.276 e. The number of carbonyl (C=O) groups is 1. The third-order valence-electron chi connectivity index (χ3n) is 4.67. The zero-order valence-electron chi connectivity index (χ0n) is 16.7. The van der Waals surface area contributed by atoms with Crippen molar-refractivity contribution in [1.29, 1.82) is 0 Å². The number of aryl methyl sites for hydroxylation is 1. The largest absolute Gasteiger partial charge is 0.318 e. The molecule has 0 aliphatic rings. The Bertz CT molecular complexity index is 1260. The van der Waals surface area contributed by atoms with Crippen molar-refractivity contribution >= 4 is 46.4 Å². The molecule has 8 nitrogen and oxygen atoms in total. The number of benzene rings is 1. The molecular weight excluding hydrogens is 461 g/mol. The highest BCUT2D eigenvalue weighted by Crippen LogP contribution is 2.23. The molecule has 3 heterocycles. The number of nitrogens with zero attached hydrogens (tertiary/aromatic N) is 6. The van der Waals surface area contributed by atoms with E-state index >= 15 is 0 Å². The Kier molecular flexibility index (Phi) is 6.04. The standard InChI is InChI=1S/C20H18Cl3N7O/c1-12-19(23)13(2)30(26-12)11-28-6-5-18(27-28)20(31)25-15-8-24-29(10-15)9-14-3-4-16(21)17(22)7-14/h3-8,10H,9,11H2,1-2H3,(H,25,31). The molecule has 1 aromatic carbocycles. The second-order valence-electron chi connectivity index (χ2n) is 7.00. The van der Waals surface area contributed by atoms with Crippen molar-refractivity contribution in [2.75, 3.05) is 5.32 Å². The van der Waals surface area contributed by atoms with Crippen LogP contribution < -0.4 is 5.32 Å². The van der Waals surface area contributed by atoms with E-state index in [9.17, 15) is 4.79 Å². The highest BCUT2D eigenvalue weighted by molar-refractivity contribution is 6.42. The summed E-state index contributed by atoms with van der Waals surface area (Å²) < 4.78 is 5.05. The average Bonchev–Trinajstić information content (AvgIpc) is 3.43. The monoisotopic (exact) mass is 477 g/mol. The van der Waals surface area contributed by atoms with Gasteiger partial charge in [0.2, 0.25) is 0 Å². The molecule has 0 saturated carbocycles. The predicted octanol–water partition coefficient (Wildman–Crippen LogP) is 4.66. The van der Waals surface area contributed by atoms with Gasteiger partial charge in [0, 0.05) is 12.4 Å². The van der Waals surface area contributed by atoms with Crippen LogP contribution in [0.4, 0.5) is 5.69 Å². The highest BCUT2D eigenvalue weighted by atomic mass is 35.5. The lowest BCUT2D eigenvalue weighted by molar-refractivity contribution is 0.102. The third-order valence-corrected chi connectivity index (χ3v) is 5.95. The van der Waals surface area contributed by atoms with Crippen LogP contribution in [0.15, 0.2) is 42.9 Å². The summed E-state index contributed by atoms with van der Waals surface area (Å²) in [5.41, 5.74) is 3.38. The first kappa shape index (κ1) is 21.4. The lowest BCUT2D eigenvalue weighted by atomic mass is 10.2. The van der Waals surface area contributed by atoms with Gasteiger partial charge in [-0.15, -0.1) is 0 Å². The van der Waals surface area contributed by atoms with Crippen LogP contribution in [0.1, 0.15) is 27.4 Å². The molecule has 0 atom stereocenters. The van der Waals surface area contributed by atoms with Gasteiger partial charge in [-0.2, -0.15) is 15.3 Å². The molecule has 31 heavy (non-hydrogen) atoms. The van der Waals surface area contributed by atoms with Gasteiger partial charge in [0.1, 0.15) is 6.67 Å². The average molecular weight is 479 g/mol. The van der Waals surface area contributed by atoms with Crippen molar-refractivity contribution in [2.24, 2.45) is 0 Å². The second-order valence-corrected chi connectivity index (χ2v) is 8.19. The number of anilines is 1. The number of aromatic nitrogens is 6. The van der Waals surface area contributed by atoms with Crippen LogP contribution in [0.3, 0.4) is 0 Å². The third kappa shape index (κ3) is 4.76. The molecule has 11 heteroatoms. The summed E-state index contributed by atoms with van der Waals surface area (Å²) >= 11 is 18.2. The van der Waals surface area contributed by atoms with Crippen LogP contribution in [0.2, 0.25) is 15.1 Å². The van der Waals surface area contributed by atoms with E-state index in [1.165, 1.54) is 0 Å². The van der Waals surface area contributed by atoms with Gasteiger partial charge in [0.15, 0.2) is 5.69 Å². The van der Waals surface area contributed by atoms with E-state index in [1.54, 1.807) is 50.8 Å². The molecule has 160 valence electrons. The Balaban J connectivity index is 1.40. The molecule has 0 aliphatic carbocycles. The summed E-state index contributed by atoms with van der Waals surface area (Å²) in [5.74, 6) is -0.334. The zero-order chi connectivity index (χ0) is 22.1. The Morgan fingerprint density at radius 2 is 1.87 bits per heavy atom. The molecular formula is C20H18Cl3N7O. The lowest BCUT2D eigenvalue weighted by Gasteiger charge is -2.05. The van der Waals surface area contributed by atoms with Gasteiger partial charge in [-0.25, -0.2) is 4.68 Å². The number of hydrogen-bond donors (Lipinski definition) is 1. The topological polar surface area (TPSA) is 82.6 Å². The molecule has 0 saturated heterocycles.